The van der Waals surface area contributed by atoms with Crippen LogP contribution < -0.4 is 10.6 Å². The number of ether oxygens (including phenoxy) is 2. The molecule has 0 unspecified atom stereocenters. The van der Waals surface area contributed by atoms with Crippen molar-refractivity contribution in [3.8, 4) is 0 Å². The highest BCUT2D eigenvalue weighted by atomic mass is 32.1. The van der Waals surface area contributed by atoms with Gasteiger partial charge in [0.15, 0.2) is 10.3 Å². The summed E-state index contributed by atoms with van der Waals surface area (Å²) in [6.07, 6.45) is 0. The average molecular weight is 476 g/mol. The summed E-state index contributed by atoms with van der Waals surface area (Å²) in [5.74, 6) is -2.32. The maximum Gasteiger partial charge on any atom is 0.350 e. The Morgan fingerprint density at radius 1 is 0.750 bits per heavy atom. The molecule has 0 spiro atoms. The Kier molecular flexibility index (Phi) is 6.90. The van der Waals surface area contributed by atoms with Gasteiger partial charge in [0.1, 0.15) is 21.1 Å². The van der Waals surface area contributed by atoms with E-state index in [2.05, 4.69) is 35.1 Å². The molecule has 0 atom stereocenters. The van der Waals surface area contributed by atoms with E-state index in [0.717, 1.165) is 22.7 Å². The third-order valence-corrected chi connectivity index (χ3v) is 6.10. The predicted octanol–water partition coefficient (Wildman–Crippen LogP) is 2.69. The van der Waals surface area contributed by atoms with Crippen LogP contribution >= 0.6 is 22.7 Å². The van der Waals surface area contributed by atoms with Gasteiger partial charge >= 0.3 is 11.9 Å². The highest BCUT2D eigenvalue weighted by molar-refractivity contribution is 7.18. The molecule has 0 aliphatic rings. The molecule has 13 heteroatoms. The minimum Gasteiger partial charge on any atom is -0.465 e. The average Bonchev–Trinajstić information content (AvgIpc) is 3.34. The zero-order valence-corrected chi connectivity index (χ0v) is 19.0. The monoisotopic (exact) mass is 475 g/mol. The lowest BCUT2D eigenvalue weighted by molar-refractivity contribution is 0.0596. The summed E-state index contributed by atoms with van der Waals surface area (Å²) in [7, 11) is 2.51. The lowest BCUT2D eigenvalue weighted by Gasteiger charge is -2.04. The third-order valence-electron chi connectivity index (χ3n) is 3.99. The molecule has 166 valence electrons. The largest absolute Gasteiger partial charge is 0.465 e. The second kappa shape index (κ2) is 9.62. The normalized spacial score (nSPS) is 10.4. The number of carbonyl (C=O) groups excluding carboxylic acids is 4. The Morgan fingerprint density at radius 3 is 1.53 bits per heavy atom. The maximum atomic E-state index is 12.5. The number of aryl methyl sites for hydroxylation is 2. The molecule has 0 aliphatic carbocycles. The number of methoxy groups -OCH3 is 2. The van der Waals surface area contributed by atoms with E-state index in [0.29, 0.717) is 11.4 Å². The number of nitrogens with one attached hydrogen (secondary N) is 2. The number of aromatic nitrogens is 3. The first kappa shape index (κ1) is 23.0. The van der Waals surface area contributed by atoms with Crippen molar-refractivity contribution < 1.29 is 28.7 Å². The SMILES string of the molecule is COC(=O)c1sc(NC(=O)c2cccc(C(=O)Nc3nc(C)c(C(=O)OC)s3)n2)nc1C. The Morgan fingerprint density at radius 2 is 1.16 bits per heavy atom. The number of hydrogen-bond acceptors (Lipinski definition) is 11. The van der Waals surface area contributed by atoms with Gasteiger partial charge in [0.2, 0.25) is 0 Å². The number of pyridine rings is 1. The molecule has 0 aromatic carbocycles. The molecule has 0 aliphatic heterocycles. The molecule has 0 saturated heterocycles. The molecule has 2 amide bonds. The van der Waals surface area contributed by atoms with Crippen molar-refractivity contribution in [3.63, 3.8) is 0 Å². The third kappa shape index (κ3) is 4.95. The van der Waals surface area contributed by atoms with E-state index in [9.17, 15) is 19.2 Å². The smallest absolute Gasteiger partial charge is 0.350 e. The van der Waals surface area contributed by atoms with Crippen LogP contribution in [0.3, 0.4) is 0 Å². The Balaban J connectivity index is 1.73. The van der Waals surface area contributed by atoms with Gasteiger partial charge in [-0.1, -0.05) is 28.7 Å². The van der Waals surface area contributed by atoms with Crippen LogP contribution in [0.5, 0.6) is 0 Å². The molecule has 11 nitrogen and oxygen atoms in total. The first-order valence-electron chi connectivity index (χ1n) is 8.94. The van der Waals surface area contributed by atoms with Crippen molar-refractivity contribution in [1.82, 2.24) is 15.0 Å². The first-order chi connectivity index (χ1) is 15.2. The summed E-state index contributed by atoms with van der Waals surface area (Å²) in [5.41, 5.74) is 0.776. The van der Waals surface area contributed by atoms with Gasteiger partial charge in [0.05, 0.1) is 25.6 Å². The standard InChI is InChI=1S/C19H17N5O6S2/c1-8-12(16(27)29-3)31-18(20-8)23-14(25)10-6-5-7-11(22-10)15(26)24-19-21-9(2)13(32-19)17(28)30-4/h5-7H,1-4H3,(H,20,23,25)(H,21,24,26). The quantitative estimate of drug-likeness (QED) is 0.513. The van der Waals surface area contributed by atoms with Gasteiger partial charge in [-0.2, -0.15) is 0 Å². The van der Waals surface area contributed by atoms with Crippen LogP contribution in [-0.2, 0) is 9.47 Å². The molecule has 2 N–H and O–H groups in total. The van der Waals surface area contributed by atoms with Crippen molar-refractivity contribution in [2.24, 2.45) is 0 Å². The number of carbonyl (C=O) groups is 4. The van der Waals surface area contributed by atoms with Crippen LogP contribution in [-0.4, -0.2) is 52.9 Å². The highest BCUT2D eigenvalue weighted by Crippen LogP contribution is 2.25. The van der Waals surface area contributed by atoms with E-state index in [4.69, 9.17) is 0 Å². The number of thiazole rings is 2. The Bertz CT molecular complexity index is 1130. The van der Waals surface area contributed by atoms with Crippen LogP contribution in [0.15, 0.2) is 18.2 Å². The fraction of sp³-hybridized carbons (Fsp3) is 0.211. The van der Waals surface area contributed by atoms with Gasteiger partial charge < -0.3 is 9.47 Å². The van der Waals surface area contributed by atoms with Crippen molar-refractivity contribution in [2.45, 2.75) is 13.8 Å². The van der Waals surface area contributed by atoms with Gasteiger partial charge in [-0.15, -0.1) is 0 Å². The molecule has 0 radical (unpaired) electrons. The zero-order chi connectivity index (χ0) is 23.4. The van der Waals surface area contributed by atoms with E-state index >= 15 is 0 Å². The van der Waals surface area contributed by atoms with Crippen molar-refractivity contribution in [3.05, 3.63) is 50.7 Å². The van der Waals surface area contributed by atoms with Gasteiger partial charge in [-0.3, -0.25) is 20.2 Å². The Labute approximate surface area is 189 Å². The summed E-state index contributed by atoms with van der Waals surface area (Å²) in [5, 5.41) is 5.48. The van der Waals surface area contributed by atoms with Crippen molar-refractivity contribution >= 4 is 56.7 Å². The molecular formula is C19H17N5O6S2. The second-order valence-electron chi connectivity index (χ2n) is 6.17. The summed E-state index contributed by atoms with van der Waals surface area (Å²) in [4.78, 5) is 61.4. The van der Waals surface area contributed by atoms with Crippen molar-refractivity contribution in [2.75, 3.05) is 24.9 Å². The van der Waals surface area contributed by atoms with Gasteiger partial charge in [-0.25, -0.2) is 24.5 Å². The summed E-state index contributed by atoms with van der Waals surface area (Å²) >= 11 is 1.93. The lowest BCUT2D eigenvalue weighted by Crippen LogP contribution is -2.18. The molecule has 0 bridgehead atoms. The van der Waals surface area contributed by atoms with Crippen LogP contribution in [0, 0.1) is 13.8 Å². The molecular weight excluding hydrogens is 458 g/mol. The number of anilines is 2. The van der Waals surface area contributed by atoms with E-state index < -0.39 is 23.8 Å². The summed E-state index contributed by atoms with van der Waals surface area (Å²) in [6, 6.07) is 4.35. The van der Waals surface area contributed by atoms with Crippen LogP contribution in [0.25, 0.3) is 0 Å². The Hall–Kier alpha value is -3.71. The molecule has 0 fully saturated rings. The van der Waals surface area contributed by atoms with Crippen LogP contribution in [0.1, 0.15) is 51.7 Å². The van der Waals surface area contributed by atoms with Gasteiger partial charge in [-0.05, 0) is 26.0 Å². The first-order valence-corrected chi connectivity index (χ1v) is 10.6. The molecule has 3 aromatic heterocycles. The van der Waals surface area contributed by atoms with E-state index in [1.807, 2.05) is 0 Å². The number of hydrogen-bond donors (Lipinski definition) is 2. The van der Waals surface area contributed by atoms with Crippen LogP contribution in [0.2, 0.25) is 0 Å². The topological polar surface area (TPSA) is 149 Å². The minimum atomic E-state index is -0.608. The minimum absolute atomic E-state index is 0.0318. The highest BCUT2D eigenvalue weighted by Gasteiger charge is 2.20. The summed E-state index contributed by atoms with van der Waals surface area (Å²) in [6.45, 7) is 3.24. The molecule has 32 heavy (non-hydrogen) atoms. The fourth-order valence-electron chi connectivity index (χ4n) is 2.47. The number of amides is 2. The maximum absolute atomic E-state index is 12.5. The summed E-state index contributed by atoms with van der Waals surface area (Å²) < 4.78 is 9.34. The van der Waals surface area contributed by atoms with Crippen LogP contribution in [0.4, 0.5) is 10.3 Å². The lowest BCUT2D eigenvalue weighted by atomic mass is 10.3. The van der Waals surface area contributed by atoms with E-state index in [1.54, 1.807) is 13.8 Å². The zero-order valence-electron chi connectivity index (χ0n) is 17.3. The van der Waals surface area contributed by atoms with Gasteiger partial charge in [0.25, 0.3) is 11.8 Å². The van der Waals surface area contributed by atoms with E-state index in [-0.39, 0.29) is 31.4 Å². The second-order valence-corrected chi connectivity index (χ2v) is 8.16. The number of rotatable bonds is 6. The molecule has 3 rings (SSSR count). The van der Waals surface area contributed by atoms with E-state index in [1.165, 1.54) is 32.4 Å². The number of nitrogens with zero attached hydrogens (tertiary/aromatic N) is 3. The fourth-order valence-corrected chi connectivity index (χ4v) is 4.23. The van der Waals surface area contributed by atoms with Gasteiger partial charge in [0, 0.05) is 0 Å². The number of esters is 2. The molecule has 0 saturated carbocycles. The molecule has 3 heterocycles. The predicted molar refractivity (Wildman–Crippen MR) is 117 cm³/mol. The van der Waals surface area contributed by atoms with Crippen molar-refractivity contribution in [1.29, 1.82) is 0 Å². The molecule has 3 aromatic rings.